The van der Waals surface area contributed by atoms with Crippen molar-refractivity contribution in [2.45, 2.75) is 64.1 Å². The van der Waals surface area contributed by atoms with Gasteiger partial charge in [-0.15, -0.1) is 0 Å². The van der Waals surface area contributed by atoms with Gasteiger partial charge in [-0.25, -0.2) is 4.79 Å². The molecule has 1 unspecified atom stereocenters. The van der Waals surface area contributed by atoms with Crippen LogP contribution in [-0.2, 0) is 19.1 Å². The summed E-state index contributed by atoms with van der Waals surface area (Å²) in [5.74, 6) is 5.13. The van der Waals surface area contributed by atoms with E-state index in [1.807, 2.05) is 51.1 Å². The fourth-order valence-electron chi connectivity index (χ4n) is 4.89. The lowest BCUT2D eigenvalue weighted by Gasteiger charge is -2.33. The molecule has 2 aliphatic heterocycles. The number of benzene rings is 2. The van der Waals surface area contributed by atoms with Crippen LogP contribution in [0.25, 0.3) is 21.7 Å². The normalized spacial score (nSPS) is 18.8. The van der Waals surface area contributed by atoms with Gasteiger partial charge in [-0.3, -0.25) is 14.9 Å². The topological polar surface area (TPSA) is 111 Å². The van der Waals surface area contributed by atoms with Gasteiger partial charge in [-0.1, -0.05) is 29.1 Å². The number of carbonyl (C=O) groups is 3. The molecule has 1 N–H and O–H groups in total. The Morgan fingerprint density at radius 3 is 2.68 bits per heavy atom. The van der Waals surface area contributed by atoms with Gasteiger partial charge in [0.1, 0.15) is 17.9 Å². The number of nitrogens with zero attached hydrogens (tertiary/aromatic N) is 2. The third kappa shape index (κ3) is 5.65. The van der Waals surface area contributed by atoms with E-state index in [0.717, 1.165) is 34.6 Å². The molecule has 0 aliphatic carbocycles. The van der Waals surface area contributed by atoms with E-state index in [2.05, 4.69) is 22.3 Å². The second kappa shape index (κ2) is 10.5. The molecule has 5 rings (SSSR count). The zero-order valence-electron chi connectivity index (χ0n) is 21.8. The monoisotopic (exact) mass is 517 g/mol. The molecule has 1 aromatic heterocycles. The first-order chi connectivity index (χ1) is 18.2. The summed E-state index contributed by atoms with van der Waals surface area (Å²) in [6.45, 7) is 7.11. The Labute approximate surface area is 220 Å². The Kier molecular flexibility index (Phi) is 7.09. The van der Waals surface area contributed by atoms with Gasteiger partial charge in [0, 0.05) is 25.1 Å². The van der Waals surface area contributed by atoms with Gasteiger partial charge in [0.15, 0.2) is 5.58 Å². The van der Waals surface area contributed by atoms with Crippen LogP contribution in [-0.4, -0.2) is 59.4 Å². The zero-order chi connectivity index (χ0) is 26.9. The van der Waals surface area contributed by atoms with Crippen LogP contribution in [0.4, 0.5) is 4.79 Å². The Hall–Kier alpha value is -3.90. The number of carbonyl (C=O) groups excluding carboxylic acids is 3. The molecule has 9 nitrogen and oxygen atoms in total. The van der Waals surface area contributed by atoms with Crippen LogP contribution < -0.4 is 5.32 Å². The Bertz CT molecular complexity index is 1450. The number of likely N-dealkylation sites (tertiary alicyclic amines) is 1. The molecule has 3 heterocycles. The first kappa shape index (κ1) is 25.7. The van der Waals surface area contributed by atoms with Crippen molar-refractivity contribution in [2.75, 3.05) is 19.7 Å². The number of piperidine rings is 2. The second-order valence-corrected chi connectivity index (χ2v) is 10.7. The van der Waals surface area contributed by atoms with E-state index in [0.29, 0.717) is 37.4 Å². The molecular formula is C29H31N3O6. The predicted octanol–water partition coefficient (Wildman–Crippen LogP) is 4.27. The molecule has 2 saturated heterocycles. The lowest BCUT2D eigenvalue weighted by atomic mass is 9.91. The van der Waals surface area contributed by atoms with Crippen LogP contribution in [0.5, 0.6) is 0 Å². The van der Waals surface area contributed by atoms with Crippen LogP contribution in [0, 0.1) is 11.8 Å². The molecule has 38 heavy (non-hydrogen) atoms. The molecule has 2 aliphatic rings. The summed E-state index contributed by atoms with van der Waals surface area (Å²) in [5, 5.41) is 9.24. The SMILES string of the molecule is CC(C)(C)OC(=O)N1CCC(OCC#Cc2ccc3c(ccc4onc(C5CCC(=O)NC5=O)c43)c2)CC1. The highest BCUT2D eigenvalue weighted by Crippen LogP contribution is 2.35. The third-order valence-corrected chi connectivity index (χ3v) is 6.77. The molecule has 0 saturated carbocycles. The molecule has 0 bridgehead atoms. The molecule has 2 fully saturated rings. The highest BCUT2D eigenvalue weighted by Gasteiger charge is 2.32. The number of ether oxygens (including phenoxy) is 2. The van der Waals surface area contributed by atoms with Gasteiger partial charge < -0.3 is 18.9 Å². The summed E-state index contributed by atoms with van der Waals surface area (Å²) in [6.07, 6.45) is 1.97. The predicted molar refractivity (Wildman–Crippen MR) is 140 cm³/mol. The summed E-state index contributed by atoms with van der Waals surface area (Å²) < 4.78 is 16.9. The fourth-order valence-corrected chi connectivity index (χ4v) is 4.89. The summed E-state index contributed by atoms with van der Waals surface area (Å²) in [4.78, 5) is 37.9. The maximum atomic E-state index is 12.4. The molecule has 9 heteroatoms. The molecule has 3 amide bonds. The first-order valence-corrected chi connectivity index (χ1v) is 12.9. The van der Waals surface area contributed by atoms with Crippen LogP contribution >= 0.6 is 0 Å². The average molecular weight is 518 g/mol. The van der Waals surface area contributed by atoms with E-state index in [9.17, 15) is 14.4 Å². The van der Waals surface area contributed by atoms with Gasteiger partial charge in [-0.05, 0) is 69.0 Å². The maximum absolute atomic E-state index is 12.4. The summed E-state index contributed by atoms with van der Waals surface area (Å²) in [7, 11) is 0. The van der Waals surface area contributed by atoms with Crippen LogP contribution in [0.2, 0.25) is 0 Å². The van der Waals surface area contributed by atoms with Crippen molar-refractivity contribution in [1.82, 2.24) is 15.4 Å². The summed E-state index contributed by atoms with van der Waals surface area (Å²) in [5.41, 5.74) is 1.50. The Morgan fingerprint density at radius 2 is 1.95 bits per heavy atom. The fraction of sp³-hybridized carbons (Fsp3) is 0.448. The van der Waals surface area contributed by atoms with E-state index >= 15 is 0 Å². The number of hydrogen-bond donors (Lipinski definition) is 1. The minimum absolute atomic E-state index is 0.0622. The van der Waals surface area contributed by atoms with Crippen molar-refractivity contribution in [3.63, 3.8) is 0 Å². The lowest BCUT2D eigenvalue weighted by molar-refractivity contribution is -0.134. The molecule has 0 radical (unpaired) electrons. The molecule has 198 valence electrons. The van der Waals surface area contributed by atoms with Crippen molar-refractivity contribution >= 4 is 39.6 Å². The average Bonchev–Trinajstić information content (AvgIpc) is 3.30. The van der Waals surface area contributed by atoms with E-state index in [-0.39, 0.29) is 30.4 Å². The largest absolute Gasteiger partial charge is 0.444 e. The van der Waals surface area contributed by atoms with E-state index < -0.39 is 11.5 Å². The van der Waals surface area contributed by atoms with Gasteiger partial charge in [0.2, 0.25) is 11.8 Å². The highest BCUT2D eigenvalue weighted by molar-refractivity contribution is 6.10. The minimum Gasteiger partial charge on any atom is -0.444 e. The van der Waals surface area contributed by atoms with Crippen molar-refractivity contribution in [2.24, 2.45) is 0 Å². The summed E-state index contributed by atoms with van der Waals surface area (Å²) in [6, 6.07) is 9.65. The van der Waals surface area contributed by atoms with Crippen LogP contribution in [0.1, 0.15) is 63.6 Å². The summed E-state index contributed by atoms with van der Waals surface area (Å²) >= 11 is 0. The number of hydrogen-bond acceptors (Lipinski definition) is 7. The first-order valence-electron chi connectivity index (χ1n) is 12.9. The van der Waals surface area contributed by atoms with Gasteiger partial charge in [0.05, 0.1) is 17.4 Å². The molecule has 1 atom stereocenters. The van der Waals surface area contributed by atoms with Gasteiger partial charge in [0.25, 0.3) is 0 Å². The quantitative estimate of drug-likeness (QED) is 0.408. The molecular weight excluding hydrogens is 486 g/mol. The lowest BCUT2D eigenvalue weighted by Crippen LogP contribution is -2.43. The number of fused-ring (bicyclic) bond motifs is 3. The number of rotatable bonds is 3. The van der Waals surface area contributed by atoms with Crippen LogP contribution in [0.15, 0.2) is 34.9 Å². The van der Waals surface area contributed by atoms with Gasteiger partial charge >= 0.3 is 6.09 Å². The maximum Gasteiger partial charge on any atom is 0.410 e. The molecule has 2 aromatic carbocycles. The minimum atomic E-state index is -0.521. The molecule has 0 spiro atoms. The standard InChI is InChI=1S/C29H31N3O6/c1-29(2,3)37-28(35)32-14-12-20(13-15-32)36-16-4-5-18-6-8-21-19(17-18)7-10-23-25(21)26(31-38-23)22-9-11-24(33)30-27(22)34/h6-8,10,17,20,22H,9,11-16H2,1-3H3,(H,30,33,34). The van der Waals surface area contributed by atoms with Crippen LogP contribution in [0.3, 0.4) is 0 Å². The van der Waals surface area contributed by atoms with Crippen molar-refractivity contribution in [1.29, 1.82) is 0 Å². The van der Waals surface area contributed by atoms with Gasteiger partial charge in [-0.2, -0.15) is 0 Å². The van der Waals surface area contributed by atoms with E-state index in [1.54, 1.807) is 4.90 Å². The Morgan fingerprint density at radius 1 is 1.16 bits per heavy atom. The smallest absolute Gasteiger partial charge is 0.410 e. The number of aromatic nitrogens is 1. The van der Waals surface area contributed by atoms with E-state index in [4.69, 9.17) is 14.0 Å². The number of nitrogens with one attached hydrogen (secondary N) is 1. The van der Waals surface area contributed by atoms with Crippen molar-refractivity contribution in [3.05, 3.63) is 41.6 Å². The van der Waals surface area contributed by atoms with Crippen molar-refractivity contribution in [3.8, 4) is 11.8 Å². The van der Waals surface area contributed by atoms with Crippen molar-refractivity contribution < 1.29 is 28.4 Å². The van der Waals surface area contributed by atoms with E-state index in [1.165, 1.54) is 0 Å². The zero-order valence-corrected chi connectivity index (χ0v) is 21.8. The molecule has 3 aromatic rings. The second-order valence-electron chi connectivity index (χ2n) is 10.7. The Balaban J connectivity index is 1.22. The highest BCUT2D eigenvalue weighted by atomic mass is 16.6. The number of amides is 3. The third-order valence-electron chi connectivity index (χ3n) is 6.77. The number of imide groups is 1.